The molecule has 12 atom stereocenters. The number of aliphatic imine (C=N–C) groups is 4. The van der Waals surface area contributed by atoms with Gasteiger partial charge in [0.1, 0.15) is 66.5 Å². The van der Waals surface area contributed by atoms with E-state index in [1.54, 1.807) is 30.5 Å². The van der Waals surface area contributed by atoms with E-state index < -0.39 is 180 Å². The smallest absolute Gasteiger partial charge is 0.305 e. The number of hydrogen-bond acceptors (Lipinski definition) is 23. The lowest BCUT2D eigenvalue weighted by molar-refractivity contribution is -0.141. The molecule has 0 saturated carbocycles. The number of rotatable bonds is 24. The summed E-state index contributed by atoms with van der Waals surface area (Å²) in [5, 5.41) is 48.8. The van der Waals surface area contributed by atoms with E-state index in [9.17, 15) is 58.2 Å². The predicted octanol–water partition coefficient (Wildman–Crippen LogP) is -9.65. The lowest BCUT2D eigenvalue weighted by atomic mass is 10.0. The first-order valence-corrected chi connectivity index (χ1v) is 36.8. The molecule has 564 valence electrons. The number of benzene rings is 1. The van der Waals surface area contributed by atoms with Gasteiger partial charge in [0.15, 0.2) is 23.8 Å². The summed E-state index contributed by atoms with van der Waals surface area (Å²) < 4.78 is 0. The van der Waals surface area contributed by atoms with Crippen molar-refractivity contribution in [1.29, 1.82) is 0 Å². The monoisotopic (exact) mass is 1510 g/mol. The number of guanidine groups is 4. The number of nitrogens with one attached hydrogen (secondary N) is 12. The number of primary amides is 1. The molecule has 3 heterocycles. The Bertz CT molecular complexity index is 3380. The quantitative estimate of drug-likeness (QED) is 0.0201. The maximum atomic E-state index is 15.2. The van der Waals surface area contributed by atoms with Crippen molar-refractivity contribution in [2.75, 3.05) is 55.8 Å². The van der Waals surface area contributed by atoms with Crippen molar-refractivity contribution in [2.24, 2.45) is 77.3 Å². The molecule has 4 rings (SSSR count). The number of H-pyrrole nitrogens is 1. The number of aromatic nitrogens is 1. The molecule has 2 aliphatic heterocycles. The first kappa shape index (κ1) is 84.7. The molecular formula is C57H92N26O15S4. The van der Waals surface area contributed by atoms with Gasteiger partial charge in [-0.2, -0.15) is 0 Å². The van der Waals surface area contributed by atoms with Gasteiger partial charge in [0.05, 0.1) is 19.1 Å². The van der Waals surface area contributed by atoms with Crippen molar-refractivity contribution in [3.63, 3.8) is 0 Å². The third-order valence-corrected chi connectivity index (χ3v) is 19.8. The number of aromatic amines is 1. The van der Waals surface area contributed by atoms with Gasteiger partial charge in [-0.3, -0.25) is 82.3 Å². The zero-order valence-electron chi connectivity index (χ0n) is 55.6. The molecule has 0 unspecified atom stereocenters. The van der Waals surface area contributed by atoms with Crippen molar-refractivity contribution >= 4 is 155 Å². The van der Waals surface area contributed by atoms with Crippen LogP contribution in [0.2, 0.25) is 0 Å². The molecule has 12 amide bonds. The zero-order chi connectivity index (χ0) is 75.6. The number of nitrogens with zero attached hydrogens (tertiary/aromatic N) is 4. The maximum Gasteiger partial charge on any atom is 0.305 e. The van der Waals surface area contributed by atoms with Gasteiger partial charge in [0, 0.05) is 72.7 Å². The average Bonchev–Trinajstić information content (AvgIpc) is 1.64. The van der Waals surface area contributed by atoms with Crippen LogP contribution in [0, 0.1) is 0 Å². The fourth-order valence-corrected chi connectivity index (χ4v) is 14.3. The Morgan fingerprint density at radius 3 is 1.31 bits per heavy atom. The highest BCUT2D eigenvalue weighted by Gasteiger charge is 2.38. The second-order valence-corrected chi connectivity index (χ2v) is 28.2. The Morgan fingerprint density at radius 1 is 0.490 bits per heavy atom. The van der Waals surface area contributed by atoms with Crippen molar-refractivity contribution in [3.05, 3.63) is 36.0 Å². The van der Waals surface area contributed by atoms with Crippen molar-refractivity contribution in [3.8, 4) is 0 Å². The third kappa shape index (κ3) is 30.2. The van der Waals surface area contributed by atoms with E-state index in [4.69, 9.17) is 57.3 Å². The number of fused-ring (bicyclic) bond motifs is 9. The number of amides is 12. The van der Waals surface area contributed by atoms with Crippen LogP contribution in [0.1, 0.15) is 70.3 Å². The summed E-state index contributed by atoms with van der Waals surface area (Å²) in [6.07, 6.45) is -1.05. The molecule has 2 aromatic rings. The lowest BCUT2D eigenvalue weighted by Crippen LogP contribution is -2.61. The highest BCUT2D eigenvalue weighted by molar-refractivity contribution is 8.77. The van der Waals surface area contributed by atoms with Gasteiger partial charge in [-0.25, -0.2) is 0 Å². The van der Waals surface area contributed by atoms with E-state index >= 15 is 14.4 Å². The normalized spacial score (nSPS) is 24.1. The maximum absolute atomic E-state index is 15.2. The summed E-state index contributed by atoms with van der Waals surface area (Å²) in [6.45, 7) is -0.358. The van der Waals surface area contributed by atoms with Gasteiger partial charge >= 0.3 is 5.97 Å². The SMILES string of the molecule is C[C@H](N)C(=O)N[C@H]1CSSC[C@@H]2NC(=O)[C@H](CCCN=C(N)N)NC(=O)[C@H](CCCN=C(N)N)NC(=O)[C@H](CC(=O)O)NC(=O)[C@H](CO)NC(=O)[C@H](CSSC[C@H](C(N)=O)NC(=O)[C@H](CCCN=C(N)N)NC(=O)[C@H](Cc3c[nH]c4ccccc34)NC(=O)[C@H](CCCN=C(N)N)NC2=O)NC1=O. The van der Waals surface area contributed by atoms with Crippen molar-refractivity contribution in [2.45, 2.75) is 144 Å². The Balaban J connectivity index is 2.06. The summed E-state index contributed by atoms with van der Waals surface area (Å²) in [7, 11) is 3.30. The number of aliphatic hydroxyl groups is 1. The Kier molecular flexibility index (Phi) is 36.4. The van der Waals surface area contributed by atoms with Crippen LogP contribution in [0.4, 0.5) is 0 Å². The second-order valence-electron chi connectivity index (χ2n) is 23.1. The largest absolute Gasteiger partial charge is 0.481 e. The van der Waals surface area contributed by atoms with Crippen LogP contribution in [0.5, 0.6) is 0 Å². The van der Waals surface area contributed by atoms with Crippen LogP contribution in [0.3, 0.4) is 0 Å². The summed E-state index contributed by atoms with van der Waals surface area (Å²) in [4.78, 5) is 205. The highest BCUT2D eigenvalue weighted by atomic mass is 33.1. The Morgan fingerprint density at radius 2 is 0.863 bits per heavy atom. The number of carbonyl (C=O) groups excluding carboxylic acids is 12. The standard InChI is InChI=1S/C57H92N26O15S4/c1-26(58)43(88)81-38-23-101-102-24-39-51(96)76-31(11-5-15-69-55(62)63)45(90)77-34(18-27-20-72-29-9-3-2-8-28(27)29)48(93)74-32(12-6-16-70-56(64)65)46(91)80-37(42(59)87)22-99-100-25-40(83-53(38)98)52(97)79-36(21-84)50(95)78-35(19-41(85)86)49(94)75-30(10-4-14-68-54(60)61)44(89)73-33(47(92)82-39)13-7-17-71-57(66)67/h2-3,8-9,20,26,30-40,72,84H,4-7,10-19,21-25,58H2,1H3,(H2,59,87)(H,73,89)(H,74,93)(H,75,94)(H,76,96)(H,77,90)(H,78,95)(H,79,97)(H,80,91)(H,81,88)(H,82,92)(H,83,98)(H,85,86)(H4,60,61,68)(H4,62,63,69)(H4,64,65,70)(H4,66,67,71)/t26-,30-,31-,32-,33-,34-,35-,36-,37+,38-,39-,40-/m0/s1. The minimum absolute atomic E-state index is 0.0226. The molecule has 34 N–H and O–H groups in total. The summed E-state index contributed by atoms with van der Waals surface area (Å²) >= 11 is 0. The minimum atomic E-state index is -2.08. The molecule has 2 bridgehead atoms. The topological polar surface area (TPSA) is 720 Å². The fourth-order valence-electron chi connectivity index (χ4n) is 9.63. The van der Waals surface area contributed by atoms with Gasteiger partial charge in [-0.1, -0.05) is 61.4 Å². The first-order valence-electron chi connectivity index (χ1n) is 31.8. The molecule has 1 aromatic heterocycles. The number of aliphatic carboxylic acids is 1. The number of carboxylic acid groups (broad SMARTS) is 1. The van der Waals surface area contributed by atoms with Crippen LogP contribution in [0.15, 0.2) is 50.4 Å². The molecule has 0 radical (unpaired) electrons. The van der Waals surface area contributed by atoms with Crippen molar-refractivity contribution in [1.82, 2.24) is 63.5 Å². The number of carbonyl (C=O) groups is 13. The zero-order valence-corrected chi connectivity index (χ0v) is 58.9. The van der Waals surface area contributed by atoms with Crippen molar-refractivity contribution < 1.29 is 72.5 Å². The molecule has 2 saturated heterocycles. The number of carboxylic acids is 1. The van der Waals surface area contributed by atoms with Gasteiger partial charge in [0.2, 0.25) is 70.9 Å². The molecule has 2 fully saturated rings. The van der Waals surface area contributed by atoms with E-state index in [0.717, 1.165) is 43.2 Å². The van der Waals surface area contributed by atoms with Gasteiger partial charge < -0.3 is 131 Å². The van der Waals surface area contributed by atoms with E-state index in [2.05, 4.69) is 83.4 Å². The lowest BCUT2D eigenvalue weighted by Gasteiger charge is -2.28. The Hall–Kier alpha value is -9.73. The second kappa shape index (κ2) is 43.8. The summed E-state index contributed by atoms with van der Waals surface area (Å²) in [5.74, 6) is -17.8. The van der Waals surface area contributed by atoms with E-state index in [-0.39, 0.29) is 114 Å². The molecule has 45 heteroatoms. The van der Waals surface area contributed by atoms with Crippen LogP contribution in [-0.4, -0.2) is 244 Å². The van der Waals surface area contributed by atoms with Crippen LogP contribution in [-0.2, 0) is 68.7 Å². The van der Waals surface area contributed by atoms with Crippen LogP contribution >= 0.6 is 43.2 Å². The van der Waals surface area contributed by atoms with Gasteiger partial charge in [-0.05, 0) is 69.9 Å². The van der Waals surface area contributed by atoms with Crippen LogP contribution in [0.25, 0.3) is 10.9 Å². The number of hydrogen-bond donors (Lipinski definition) is 24. The van der Waals surface area contributed by atoms with Gasteiger partial charge in [-0.15, -0.1) is 0 Å². The molecule has 0 spiro atoms. The first-order chi connectivity index (χ1) is 48.4. The third-order valence-electron chi connectivity index (χ3n) is 15.0. The number of aliphatic hydroxyl groups excluding tert-OH is 1. The summed E-state index contributed by atoms with van der Waals surface area (Å²) in [5.41, 5.74) is 57.6. The molecule has 41 nitrogen and oxygen atoms in total. The van der Waals surface area contributed by atoms with E-state index in [0.29, 0.717) is 16.5 Å². The number of nitrogens with two attached hydrogens (primary N) is 10. The van der Waals surface area contributed by atoms with Crippen LogP contribution < -0.4 is 116 Å². The fraction of sp³-hybridized carbons (Fsp3) is 0.561. The van der Waals surface area contributed by atoms with E-state index in [1.807, 2.05) is 0 Å². The average molecular weight is 1510 g/mol. The highest BCUT2D eigenvalue weighted by Crippen LogP contribution is 2.26. The predicted molar refractivity (Wildman–Crippen MR) is 385 cm³/mol. The van der Waals surface area contributed by atoms with Gasteiger partial charge in [0.25, 0.3) is 0 Å². The number of para-hydroxylation sites is 1. The van der Waals surface area contributed by atoms with E-state index in [1.165, 1.54) is 6.92 Å². The minimum Gasteiger partial charge on any atom is -0.481 e. The molecule has 2 aliphatic rings. The molecular weight excluding hydrogens is 1420 g/mol. The molecule has 102 heavy (non-hydrogen) atoms. The molecule has 0 aliphatic carbocycles. The Labute approximate surface area is 600 Å². The molecule has 1 aromatic carbocycles. The summed E-state index contributed by atoms with van der Waals surface area (Å²) in [6, 6.07) is -13.1.